The van der Waals surface area contributed by atoms with Crippen LogP contribution in [-0.4, -0.2) is 5.33 Å². The first-order chi connectivity index (χ1) is 6.16. The highest BCUT2D eigenvalue weighted by Crippen LogP contribution is 2.26. The first-order valence-corrected chi connectivity index (χ1v) is 5.93. The highest BCUT2D eigenvalue weighted by atomic mass is 79.9. The Kier molecular flexibility index (Phi) is 3.98. The standard InChI is InChI=1S/C12H17Br/c1-9(2)11-6-4-5-7-12(11)10(3)8-13/h4-7,9-10H,8H2,1-3H3. The van der Waals surface area contributed by atoms with Crippen LogP contribution in [0, 0.1) is 0 Å². The van der Waals surface area contributed by atoms with Crippen molar-refractivity contribution < 1.29 is 0 Å². The summed E-state index contributed by atoms with van der Waals surface area (Å²) >= 11 is 3.53. The molecule has 0 amide bonds. The molecule has 1 rings (SSSR count). The van der Waals surface area contributed by atoms with E-state index in [1.165, 1.54) is 11.1 Å². The molecule has 1 aromatic rings. The van der Waals surface area contributed by atoms with E-state index in [9.17, 15) is 0 Å². The van der Waals surface area contributed by atoms with Gasteiger partial charge in [0.25, 0.3) is 0 Å². The molecule has 72 valence electrons. The molecule has 0 spiro atoms. The monoisotopic (exact) mass is 240 g/mol. The number of alkyl halides is 1. The molecule has 1 heteroatoms. The maximum atomic E-state index is 3.53. The second kappa shape index (κ2) is 4.80. The van der Waals surface area contributed by atoms with Gasteiger partial charge >= 0.3 is 0 Å². The summed E-state index contributed by atoms with van der Waals surface area (Å²) in [4.78, 5) is 0. The summed E-state index contributed by atoms with van der Waals surface area (Å²) in [5.41, 5.74) is 2.96. The smallest absolute Gasteiger partial charge is 0.00976 e. The van der Waals surface area contributed by atoms with E-state index in [1.807, 2.05) is 0 Å². The minimum Gasteiger partial charge on any atom is -0.0922 e. The Morgan fingerprint density at radius 1 is 1.08 bits per heavy atom. The minimum atomic E-state index is 0.610. The summed E-state index contributed by atoms with van der Waals surface area (Å²) in [6, 6.07) is 8.72. The fraction of sp³-hybridized carbons (Fsp3) is 0.500. The zero-order chi connectivity index (χ0) is 9.84. The summed E-state index contributed by atoms with van der Waals surface area (Å²) in [5.74, 6) is 1.23. The lowest BCUT2D eigenvalue weighted by atomic mass is 9.91. The van der Waals surface area contributed by atoms with E-state index in [2.05, 4.69) is 61.0 Å². The molecule has 0 nitrogen and oxygen atoms in total. The third kappa shape index (κ3) is 2.57. The number of benzene rings is 1. The van der Waals surface area contributed by atoms with Crippen LogP contribution in [0.3, 0.4) is 0 Å². The van der Waals surface area contributed by atoms with Crippen LogP contribution in [0.25, 0.3) is 0 Å². The van der Waals surface area contributed by atoms with Gasteiger partial charge in [0.2, 0.25) is 0 Å². The van der Waals surface area contributed by atoms with Gasteiger partial charge in [-0.1, -0.05) is 61.0 Å². The van der Waals surface area contributed by atoms with Crippen molar-refractivity contribution in [1.82, 2.24) is 0 Å². The highest BCUT2D eigenvalue weighted by Gasteiger charge is 2.10. The Balaban J connectivity index is 3.04. The molecular weight excluding hydrogens is 224 g/mol. The van der Waals surface area contributed by atoms with Crippen LogP contribution in [0.1, 0.15) is 43.7 Å². The van der Waals surface area contributed by atoms with E-state index in [-0.39, 0.29) is 0 Å². The van der Waals surface area contributed by atoms with Crippen LogP contribution in [0.4, 0.5) is 0 Å². The Hall–Kier alpha value is -0.300. The molecule has 0 aliphatic rings. The maximum absolute atomic E-state index is 3.53. The van der Waals surface area contributed by atoms with E-state index >= 15 is 0 Å². The molecule has 13 heavy (non-hydrogen) atoms. The Morgan fingerprint density at radius 2 is 1.62 bits per heavy atom. The van der Waals surface area contributed by atoms with Crippen LogP contribution >= 0.6 is 15.9 Å². The molecule has 0 radical (unpaired) electrons. The van der Waals surface area contributed by atoms with Gasteiger partial charge < -0.3 is 0 Å². The van der Waals surface area contributed by atoms with Crippen LogP contribution < -0.4 is 0 Å². The number of hydrogen-bond acceptors (Lipinski definition) is 0. The van der Waals surface area contributed by atoms with Crippen molar-refractivity contribution in [2.45, 2.75) is 32.6 Å². The topological polar surface area (TPSA) is 0 Å². The summed E-state index contributed by atoms with van der Waals surface area (Å²) < 4.78 is 0. The van der Waals surface area contributed by atoms with Crippen molar-refractivity contribution in [1.29, 1.82) is 0 Å². The Bertz CT molecular complexity index is 266. The molecule has 0 aromatic heterocycles. The van der Waals surface area contributed by atoms with Crippen LogP contribution in [0.15, 0.2) is 24.3 Å². The molecule has 0 bridgehead atoms. The molecule has 0 N–H and O–H groups in total. The number of rotatable bonds is 3. The normalized spacial score (nSPS) is 13.3. The van der Waals surface area contributed by atoms with Gasteiger partial charge in [0.1, 0.15) is 0 Å². The van der Waals surface area contributed by atoms with Crippen molar-refractivity contribution in [2.75, 3.05) is 5.33 Å². The number of hydrogen-bond donors (Lipinski definition) is 0. The maximum Gasteiger partial charge on any atom is 0.00976 e. The quantitative estimate of drug-likeness (QED) is 0.692. The fourth-order valence-corrected chi connectivity index (χ4v) is 1.92. The molecular formula is C12H17Br. The van der Waals surface area contributed by atoms with Crippen molar-refractivity contribution in [3.8, 4) is 0 Å². The predicted molar refractivity (Wildman–Crippen MR) is 62.7 cm³/mol. The van der Waals surface area contributed by atoms with Crippen molar-refractivity contribution in [3.63, 3.8) is 0 Å². The molecule has 0 heterocycles. The zero-order valence-electron chi connectivity index (χ0n) is 8.55. The summed E-state index contributed by atoms with van der Waals surface area (Å²) in [6.45, 7) is 6.76. The van der Waals surface area contributed by atoms with Crippen LogP contribution in [0.2, 0.25) is 0 Å². The van der Waals surface area contributed by atoms with E-state index in [1.54, 1.807) is 0 Å². The minimum absolute atomic E-state index is 0.610. The van der Waals surface area contributed by atoms with Gasteiger partial charge in [0.15, 0.2) is 0 Å². The third-order valence-electron chi connectivity index (χ3n) is 2.38. The van der Waals surface area contributed by atoms with E-state index in [0.717, 1.165) is 5.33 Å². The van der Waals surface area contributed by atoms with Gasteiger partial charge in [0.05, 0.1) is 0 Å². The molecule has 0 saturated carbocycles. The van der Waals surface area contributed by atoms with Crippen molar-refractivity contribution in [2.24, 2.45) is 0 Å². The predicted octanol–water partition coefficient (Wildman–Crippen LogP) is 4.31. The summed E-state index contributed by atoms with van der Waals surface area (Å²) in [6.07, 6.45) is 0. The Morgan fingerprint density at radius 3 is 2.08 bits per heavy atom. The first kappa shape index (κ1) is 10.8. The number of halogens is 1. The van der Waals surface area contributed by atoms with E-state index < -0.39 is 0 Å². The van der Waals surface area contributed by atoms with Crippen LogP contribution in [-0.2, 0) is 0 Å². The van der Waals surface area contributed by atoms with Crippen molar-refractivity contribution in [3.05, 3.63) is 35.4 Å². The zero-order valence-corrected chi connectivity index (χ0v) is 10.1. The second-order valence-electron chi connectivity index (χ2n) is 3.84. The Labute approximate surface area is 89.5 Å². The molecule has 1 aromatic carbocycles. The van der Waals surface area contributed by atoms with Gasteiger partial charge in [-0.05, 0) is 23.0 Å². The van der Waals surface area contributed by atoms with E-state index in [0.29, 0.717) is 11.8 Å². The van der Waals surface area contributed by atoms with Crippen molar-refractivity contribution >= 4 is 15.9 Å². The average molecular weight is 241 g/mol. The molecule has 0 fully saturated rings. The molecule has 0 aliphatic carbocycles. The first-order valence-electron chi connectivity index (χ1n) is 4.81. The molecule has 0 saturated heterocycles. The van der Waals surface area contributed by atoms with Gasteiger partial charge in [-0.2, -0.15) is 0 Å². The average Bonchev–Trinajstić information content (AvgIpc) is 2.16. The molecule has 0 aliphatic heterocycles. The molecule has 1 unspecified atom stereocenters. The summed E-state index contributed by atoms with van der Waals surface area (Å²) in [5, 5.41) is 1.04. The highest BCUT2D eigenvalue weighted by molar-refractivity contribution is 9.09. The third-order valence-corrected chi connectivity index (χ3v) is 3.35. The van der Waals surface area contributed by atoms with Crippen LogP contribution in [0.5, 0.6) is 0 Å². The van der Waals surface area contributed by atoms with Gasteiger partial charge in [-0.25, -0.2) is 0 Å². The second-order valence-corrected chi connectivity index (χ2v) is 4.49. The summed E-state index contributed by atoms with van der Waals surface area (Å²) in [7, 11) is 0. The lowest BCUT2D eigenvalue weighted by Crippen LogP contribution is -2.01. The van der Waals surface area contributed by atoms with E-state index in [4.69, 9.17) is 0 Å². The van der Waals surface area contributed by atoms with Gasteiger partial charge in [0, 0.05) is 5.33 Å². The fourth-order valence-electron chi connectivity index (χ4n) is 1.57. The molecule has 1 atom stereocenters. The van der Waals surface area contributed by atoms with Gasteiger partial charge in [-0.3, -0.25) is 0 Å². The largest absolute Gasteiger partial charge is 0.0922 e. The van der Waals surface area contributed by atoms with Gasteiger partial charge in [-0.15, -0.1) is 0 Å². The lowest BCUT2D eigenvalue weighted by molar-refractivity contribution is 0.799. The SMILES string of the molecule is CC(C)c1ccccc1C(C)CBr. The lowest BCUT2D eigenvalue weighted by Gasteiger charge is -2.16.